The van der Waals surface area contributed by atoms with Gasteiger partial charge in [-0.05, 0) is 30.2 Å². The maximum absolute atomic E-state index is 13.1. The van der Waals surface area contributed by atoms with Gasteiger partial charge in [0.15, 0.2) is 0 Å². The summed E-state index contributed by atoms with van der Waals surface area (Å²) in [5, 5.41) is 4.28. The number of piperazine rings is 1. The van der Waals surface area contributed by atoms with Crippen molar-refractivity contribution in [1.29, 1.82) is 0 Å². The van der Waals surface area contributed by atoms with Crippen molar-refractivity contribution in [3.05, 3.63) is 84.2 Å². The predicted octanol–water partition coefficient (Wildman–Crippen LogP) is 2.87. The van der Waals surface area contributed by atoms with Crippen molar-refractivity contribution in [2.75, 3.05) is 32.7 Å². The van der Waals surface area contributed by atoms with E-state index in [1.54, 1.807) is 10.9 Å². The molecule has 1 fully saturated rings. The Morgan fingerprint density at radius 2 is 1.63 bits per heavy atom. The van der Waals surface area contributed by atoms with E-state index in [0.29, 0.717) is 5.56 Å². The molecule has 1 saturated heterocycles. The summed E-state index contributed by atoms with van der Waals surface area (Å²) in [6.45, 7) is 4.41. The first-order valence-corrected chi connectivity index (χ1v) is 9.46. The monoisotopic (exact) mass is 360 g/mol. The van der Waals surface area contributed by atoms with E-state index in [2.05, 4.69) is 40.3 Å². The summed E-state index contributed by atoms with van der Waals surface area (Å²) in [6, 6.07) is 20.1. The summed E-state index contributed by atoms with van der Waals surface area (Å²) >= 11 is 0. The molecule has 0 N–H and O–H groups in total. The van der Waals surface area contributed by atoms with Gasteiger partial charge in [0.1, 0.15) is 0 Å². The van der Waals surface area contributed by atoms with E-state index in [0.717, 1.165) is 44.8 Å². The molecule has 3 aromatic rings. The zero-order valence-electron chi connectivity index (χ0n) is 15.4. The molecular formula is C22H24N4O. The van der Waals surface area contributed by atoms with E-state index in [9.17, 15) is 4.79 Å². The number of carbonyl (C=O) groups excluding carboxylic acids is 1. The first-order chi connectivity index (χ1) is 13.3. The summed E-state index contributed by atoms with van der Waals surface area (Å²) in [5.41, 5.74) is 2.90. The molecule has 1 aliphatic heterocycles. The molecule has 5 nitrogen and oxygen atoms in total. The second kappa shape index (κ2) is 8.18. The van der Waals surface area contributed by atoms with Crippen LogP contribution in [0.5, 0.6) is 0 Å². The number of hydrogen-bond acceptors (Lipinski definition) is 3. The van der Waals surface area contributed by atoms with E-state index in [4.69, 9.17) is 0 Å². The SMILES string of the molecule is O=C(c1ccccc1-n1cccn1)N1CCN(CCc2ccccc2)CC1. The van der Waals surface area contributed by atoms with Crippen LogP contribution in [0.15, 0.2) is 73.1 Å². The molecule has 2 heterocycles. The van der Waals surface area contributed by atoms with Gasteiger partial charge >= 0.3 is 0 Å². The van der Waals surface area contributed by atoms with Crippen LogP contribution < -0.4 is 0 Å². The van der Waals surface area contributed by atoms with Gasteiger partial charge in [-0.25, -0.2) is 4.68 Å². The Balaban J connectivity index is 1.37. The highest BCUT2D eigenvalue weighted by molar-refractivity contribution is 5.97. The molecule has 4 rings (SSSR count). The molecule has 0 saturated carbocycles. The first kappa shape index (κ1) is 17.5. The predicted molar refractivity (Wildman–Crippen MR) is 106 cm³/mol. The highest BCUT2D eigenvalue weighted by Gasteiger charge is 2.24. The summed E-state index contributed by atoms with van der Waals surface area (Å²) in [7, 11) is 0. The molecule has 1 amide bonds. The van der Waals surface area contributed by atoms with Crippen LogP contribution in [-0.2, 0) is 6.42 Å². The highest BCUT2D eigenvalue weighted by Crippen LogP contribution is 2.17. The fourth-order valence-corrected chi connectivity index (χ4v) is 3.54. The second-order valence-electron chi connectivity index (χ2n) is 6.84. The van der Waals surface area contributed by atoms with E-state index in [1.807, 2.05) is 41.4 Å². The number of hydrogen-bond donors (Lipinski definition) is 0. The lowest BCUT2D eigenvalue weighted by atomic mass is 10.1. The van der Waals surface area contributed by atoms with Crippen LogP contribution in [0.1, 0.15) is 15.9 Å². The van der Waals surface area contributed by atoms with Gasteiger partial charge in [-0.15, -0.1) is 0 Å². The van der Waals surface area contributed by atoms with Crippen LogP contribution in [0.2, 0.25) is 0 Å². The normalized spacial score (nSPS) is 15.0. The van der Waals surface area contributed by atoms with Gasteiger partial charge in [-0.2, -0.15) is 5.10 Å². The molecule has 0 spiro atoms. The van der Waals surface area contributed by atoms with Crippen LogP contribution in [0.25, 0.3) is 5.69 Å². The largest absolute Gasteiger partial charge is 0.336 e. The number of amides is 1. The van der Waals surface area contributed by atoms with E-state index >= 15 is 0 Å². The van der Waals surface area contributed by atoms with Gasteiger partial charge in [0.2, 0.25) is 0 Å². The molecule has 0 bridgehead atoms. The minimum atomic E-state index is 0.0869. The standard InChI is InChI=1S/C22H24N4O/c27-22(20-9-4-5-10-21(20)26-13-6-12-23-26)25-17-15-24(16-18-25)14-11-19-7-2-1-3-8-19/h1-10,12-13H,11,14-18H2. The maximum atomic E-state index is 13.1. The second-order valence-corrected chi connectivity index (χ2v) is 6.84. The Morgan fingerprint density at radius 1 is 0.889 bits per heavy atom. The third-order valence-corrected chi connectivity index (χ3v) is 5.10. The fourth-order valence-electron chi connectivity index (χ4n) is 3.54. The van der Waals surface area contributed by atoms with Crippen LogP contribution in [0.4, 0.5) is 0 Å². The number of rotatable bonds is 5. The zero-order valence-corrected chi connectivity index (χ0v) is 15.4. The third kappa shape index (κ3) is 4.09. The molecule has 27 heavy (non-hydrogen) atoms. The quantitative estimate of drug-likeness (QED) is 0.703. The fraction of sp³-hybridized carbons (Fsp3) is 0.273. The molecule has 0 atom stereocenters. The van der Waals surface area contributed by atoms with Crippen molar-refractivity contribution in [3.63, 3.8) is 0 Å². The number of para-hydroxylation sites is 1. The smallest absolute Gasteiger partial charge is 0.256 e. The Labute approximate surface area is 159 Å². The van der Waals surface area contributed by atoms with Crippen LogP contribution in [0, 0.1) is 0 Å². The van der Waals surface area contributed by atoms with Gasteiger partial charge in [0, 0.05) is 45.1 Å². The summed E-state index contributed by atoms with van der Waals surface area (Å²) in [4.78, 5) is 17.5. The molecule has 0 unspecified atom stereocenters. The van der Waals surface area contributed by atoms with E-state index < -0.39 is 0 Å². The van der Waals surface area contributed by atoms with Crippen molar-refractivity contribution in [1.82, 2.24) is 19.6 Å². The number of nitrogens with zero attached hydrogens (tertiary/aromatic N) is 4. The number of aromatic nitrogens is 2. The van der Waals surface area contributed by atoms with Crippen molar-refractivity contribution >= 4 is 5.91 Å². The highest BCUT2D eigenvalue weighted by atomic mass is 16.2. The lowest BCUT2D eigenvalue weighted by Crippen LogP contribution is -2.49. The van der Waals surface area contributed by atoms with E-state index in [-0.39, 0.29) is 5.91 Å². The van der Waals surface area contributed by atoms with Gasteiger partial charge in [0.25, 0.3) is 5.91 Å². The van der Waals surface area contributed by atoms with Gasteiger partial charge in [-0.3, -0.25) is 9.69 Å². The molecule has 5 heteroatoms. The Morgan fingerprint density at radius 3 is 2.37 bits per heavy atom. The summed E-state index contributed by atoms with van der Waals surface area (Å²) < 4.78 is 1.75. The van der Waals surface area contributed by atoms with Crippen molar-refractivity contribution in [3.8, 4) is 5.69 Å². The lowest BCUT2D eigenvalue weighted by molar-refractivity contribution is 0.0638. The summed E-state index contributed by atoms with van der Waals surface area (Å²) in [5.74, 6) is 0.0869. The van der Waals surface area contributed by atoms with E-state index in [1.165, 1.54) is 5.56 Å². The summed E-state index contributed by atoms with van der Waals surface area (Å²) in [6.07, 6.45) is 4.65. The van der Waals surface area contributed by atoms with Gasteiger partial charge in [0.05, 0.1) is 11.3 Å². The zero-order chi connectivity index (χ0) is 18.5. The average molecular weight is 360 g/mol. The van der Waals surface area contributed by atoms with Gasteiger partial charge < -0.3 is 4.90 Å². The molecule has 1 aliphatic rings. The Hall–Kier alpha value is -2.92. The van der Waals surface area contributed by atoms with Crippen molar-refractivity contribution < 1.29 is 4.79 Å². The van der Waals surface area contributed by atoms with Crippen LogP contribution in [0.3, 0.4) is 0 Å². The minimum absolute atomic E-state index is 0.0869. The minimum Gasteiger partial charge on any atom is -0.336 e. The third-order valence-electron chi connectivity index (χ3n) is 5.10. The first-order valence-electron chi connectivity index (χ1n) is 9.46. The van der Waals surface area contributed by atoms with Crippen molar-refractivity contribution in [2.45, 2.75) is 6.42 Å². The lowest BCUT2D eigenvalue weighted by Gasteiger charge is -2.35. The van der Waals surface area contributed by atoms with Crippen LogP contribution >= 0.6 is 0 Å². The Kier molecular flexibility index (Phi) is 5.30. The van der Waals surface area contributed by atoms with Gasteiger partial charge in [-0.1, -0.05) is 42.5 Å². The molecule has 2 aromatic carbocycles. The van der Waals surface area contributed by atoms with Crippen LogP contribution in [-0.4, -0.2) is 58.2 Å². The average Bonchev–Trinajstić information content (AvgIpc) is 3.28. The topological polar surface area (TPSA) is 41.4 Å². The number of carbonyl (C=O) groups is 1. The molecule has 0 radical (unpaired) electrons. The van der Waals surface area contributed by atoms with Crippen molar-refractivity contribution in [2.24, 2.45) is 0 Å². The molecule has 0 aliphatic carbocycles. The molecular weight excluding hydrogens is 336 g/mol. The number of benzene rings is 2. The maximum Gasteiger partial charge on any atom is 0.256 e. The molecule has 138 valence electrons. The molecule has 1 aromatic heterocycles. The Bertz CT molecular complexity index is 868.